The van der Waals surface area contributed by atoms with Crippen LogP contribution >= 0.6 is 0 Å². The van der Waals surface area contributed by atoms with Gasteiger partial charge in [-0.1, -0.05) is 13.8 Å². The molecule has 0 radical (unpaired) electrons. The van der Waals surface area contributed by atoms with E-state index in [-0.39, 0.29) is 0 Å². The van der Waals surface area contributed by atoms with Gasteiger partial charge in [0.1, 0.15) is 0 Å². The molecule has 1 aliphatic rings. The Balaban J connectivity index is 2.46. The molecule has 1 saturated heterocycles. The molecular weight excluding hydrogens is 124 g/mol. The highest BCUT2D eigenvalue weighted by Gasteiger charge is 2.37. The molecule has 2 heteroatoms. The fourth-order valence-corrected chi connectivity index (χ4v) is 1.61. The Hall–Kier alpha value is -0.0800. The quantitative estimate of drug-likeness (QED) is 0.633. The fraction of sp³-hybridized carbons (Fsp3) is 1.00. The lowest BCUT2D eigenvalue weighted by atomic mass is 9.93. The van der Waals surface area contributed by atoms with Crippen molar-refractivity contribution < 1.29 is 0 Å². The van der Waals surface area contributed by atoms with E-state index in [1.165, 1.54) is 19.4 Å². The lowest BCUT2D eigenvalue weighted by Crippen LogP contribution is -2.65. The smallest absolute Gasteiger partial charge is 0.0719 e. The Kier molecular flexibility index (Phi) is 2.32. The SMILES string of the molecule is CCN(C)C1(CC)CCN1. The third kappa shape index (κ3) is 1.06. The van der Waals surface area contributed by atoms with Gasteiger partial charge in [-0.2, -0.15) is 0 Å². The molecule has 0 aliphatic carbocycles. The number of hydrogen-bond donors (Lipinski definition) is 1. The molecule has 10 heavy (non-hydrogen) atoms. The Morgan fingerprint density at radius 1 is 1.50 bits per heavy atom. The maximum absolute atomic E-state index is 3.49. The van der Waals surface area contributed by atoms with Crippen LogP contribution in [-0.4, -0.2) is 30.7 Å². The Bertz CT molecular complexity index is 102. The molecule has 1 fully saturated rings. The Labute approximate surface area is 63.6 Å². The minimum absolute atomic E-state index is 0.356. The summed E-state index contributed by atoms with van der Waals surface area (Å²) in [6.07, 6.45) is 2.53. The van der Waals surface area contributed by atoms with E-state index in [2.05, 4.69) is 31.1 Å². The highest BCUT2D eigenvalue weighted by molar-refractivity contribution is 4.93. The normalized spacial score (nSPS) is 32.4. The topological polar surface area (TPSA) is 15.3 Å². The molecule has 1 unspecified atom stereocenters. The predicted octanol–water partition coefficient (Wildman–Crippen LogP) is 1.04. The van der Waals surface area contributed by atoms with Gasteiger partial charge in [0.2, 0.25) is 0 Å². The van der Waals surface area contributed by atoms with E-state index in [9.17, 15) is 0 Å². The monoisotopic (exact) mass is 142 g/mol. The zero-order chi connectivity index (χ0) is 7.61. The fourth-order valence-electron chi connectivity index (χ4n) is 1.61. The first-order valence-electron chi connectivity index (χ1n) is 4.21. The summed E-state index contributed by atoms with van der Waals surface area (Å²) in [4.78, 5) is 2.40. The first-order chi connectivity index (χ1) is 4.75. The number of nitrogens with zero attached hydrogens (tertiary/aromatic N) is 1. The average molecular weight is 142 g/mol. The molecule has 0 aromatic carbocycles. The van der Waals surface area contributed by atoms with Crippen LogP contribution in [0.3, 0.4) is 0 Å². The van der Waals surface area contributed by atoms with E-state index < -0.39 is 0 Å². The summed E-state index contributed by atoms with van der Waals surface area (Å²) < 4.78 is 0. The molecule has 0 bridgehead atoms. The van der Waals surface area contributed by atoms with Crippen LogP contribution in [0.2, 0.25) is 0 Å². The second-order valence-electron chi connectivity index (χ2n) is 3.08. The summed E-state index contributed by atoms with van der Waals surface area (Å²) in [5, 5.41) is 3.49. The Morgan fingerprint density at radius 2 is 2.10 bits per heavy atom. The van der Waals surface area contributed by atoms with Gasteiger partial charge in [0.15, 0.2) is 0 Å². The van der Waals surface area contributed by atoms with Crippen LogP contribution in [-0.2, 0) is 0 Å². The van der Waals surface area contributed by atoms with E-state index in [0.29, 0.717) is 5.66 Å². The van der Waals surface area contributed by atoms with E-state index in [1.807, 2.05) is 0 Å². The van der Waals surface area contributed by atoms with Gasteiger partial charge in [-0.25, -0.2) is 0 Å². The second-order valence-corrected chi connectivity index (χ2v) is 3.08. The van der Waals surface area contributed by atoms with Gasteiger partial charge in [0.05, 0.1) is 5.66 Å². The summed E-state index contributed by atoms with van der Waals surface area (Å²) in [7, 11) is 2.19. The number of hydrogen-bond acceptors (Lipinski definition) is 2. The standard InChI is InChI=1S/C8H18N2/c1-4-8(6-7-9-8)10(3)5-2/h9H,4-7H2,1-3H3. The van der Waals surface area contributed by atoms with Crippen molar-refractivity contribution in [1.29, 1.82) is 0 Å². The first-order valence-corrected chi connectivity index (χ1v) is 4.21. The molecular formula is C8H18N2. The zero-order valence-corrected chi connectivity index (χ0v) is 7.28. The molecule has 1 rings (SSSR count). The van der Waals surface area contributed by atoms with Crippen molar-refractivity contribution in [2.45, 2.75) is 32.4 Å². The summed E-state index contributed by atoms with van der Waals surface area (Å²) in [6.45, 7) is 6.79. The molecule has 1 aliphatic heterocycles. The summed E-state index contributed by atoms with van der Waals surface area (Å²) in [6, 6.07) is 0. The van der Waals surface area contributed by atoms with Crippen LogP contribution < -0.4 is 5.32 Å². The molecule has 0 saturated carbocycles. The third-order valence-corrected chi connectivity index (χ3v) is 2.78. The van der Waals surface area contributed by atoms with Crippen molar-refractivity contribution in [2.24, 2.45) is 0 Å². The molecule has 0 aromatic rings. The first kappa shape index (κ1) is 8.02. The van der Waals surface area contributed by atoms with E-state index in [1.54, 1.807) is 0 Å². The van der Waals surface area contributed by atoms with Crippen LogP contribution in [0.5, 0.6) is 0 Å². The van der Waals surface area contributed by atoms with Gasteiger partial charge in [-0.15, -0.1) is 0 Å². The Morgan fingerprint density at radius 3 is 2.20 bits per heavy atom. The highest BCUT2D eigenvalue weighted by Crippen LogP contribution is 2.25. The molecule has 1 atom stereocenters. The van der Waals surface area contributed by atoms with Crippen molar-refractivity contribution in [3.8, 4) is 0 Å². The molecule has 2 nitrogen and oxygen atoms in total. The minimum atomic E-state index is 0.356. The maximum Gasteiger partial charge on any atom is 0.0719 e. The van der Waals surface area contributed by atoms with Crippen molar-refractivity contribution in [3.05, 3.63) is 0 Å². The van der Waals surface area contributed by atoms with Gasteiger partial charge in [-0.3, -0.25) is 10.2 Å². The summed E-state index contributed by atoms with van der Waals surface area (Å²) in [5.74, 6) is 0. The van der Waals surface area contributed by atoms with Crippen LogP contribution in [0, 0.1) is 0 Å². The summed E-state index contributed by atoms with van der Waals surface area (Å²) in [5.41, 5.74) is 0.356. The predicted molar refractivity (Wildman–Crippen MR) is 43.9 cm³/mol. The highest BCUT2D eigenvalue weighted by atomic mass is 15.3. The van der Waals surface area contributed by atoms with E-state index in [4.69, 9.17) is 0 Å². The van der Waals surface area contributed by atoms with Gasteiger partial charge >= 0.3 is 0 Å². The molecule has 1 N–H and O–H groups in total. The van der Waals surface area contributed by atoms with Gasteiger partial charge < -0.3 is 0 Å². The third-order valence-electron chi connectivity index (χ3n) is 2.78. The summed E-state index contributed by atoms with van der Waals surface area (Å²) >= 11 is 0. The van der Waals surface area contributed by atoms with Crippen molar-refractivity contribution in [1.82, 2.24) is 10.2 Å². The van der Waals surface area contributed by atoms with E-state index in [0.717, 1.165) is 6.54 Å². The lowest BCUT2D eigenvalue weighted by molar-refractivity contribution is 0.0168. The molecule has 1 heterocycles. The largest absolute Gasteiger partial charge is 0.299 e. The molecule has 0 amide bonds. The second kappa shape index (κ2) is 2.89. The van der Waals surface area contributed by atoms with Crippen LogP contribution in [0.25, 0.3) is 0 Å². The van der Waals surface area contributed by atoms with Crippen LogP contribution in [0.4, 0.5) is 0 Å². The van der Waals surface area contributed by atoms with Crippen LogP contribution in [0.1, 0.15) is 26.7 Å². The van der Waals surface area contributed by atoms with Gasteiger partial charge in [0.25, 0.3) is 0 Å². The zero-order valence-electron chi connectivity index (χ0n) is 7.28. The van der Waals surface area contributed by atoms with Gasteiger partial charge in [-0.05, 0) is 33.0 Å². The van der Waals surface area contributed by atoms with Crippen molar-refractivity contribution >= 4 is 0 Å². The van der Waals surface area contributed by atoms with Gasteiger partial charge in [0, 0.05) is 0 Å². The minimum Gasteiger partial charge on any atom is -0.299 e. The lowest BCUT2D eigenvalue weighted by Gasteiger charge is -2.49. The average Bonchev–Trinajstić information content (AvgIpc) is 1.86. The van der Waals surface area contributed by atoms with Crippen molar-refractivity contribution in [2.75, 3.05) is 20.1 Å². The maximum atomic E-state index is 3.49. The number of nitrogens with one attached hydrogen (secondary N) is 1. The molecule has 0 aromatic heterocycles. The molecule has 60 valence electrons. The number of rotatable bonds is 3. The van der Waals surface area contributed by atoms with Crippen molar-refractivity contribution in [3.63, 3.8) is 0 Å². The van der Waals surface area contributed by atoms with E-state index >= 15 is 0 Å². The van der Waals surface area contributed by atoms with Crippen LogP contribution in [0.15, 0.2) is 0 Å². The molecule has 0 spiro atoms.